The lowest BCUT2D eigenvalue weighted by Crippen LogP contribution is -2.42. The van der Waals surface area contributed by atoms with E-state index in [9.17, 15) is 14.4 Å². The lowest BCUT2D eigenvalue weighted by Gasteiger charge is -2.36. The van der Waals surface area contributed by atoms with Crippen molar-refractivity contribution >= 4 is 29.3 Å². The summed E-state index contributed by atoms with van der Waals surface area (Å²) in [4.78, 5) is 37.1. The SMILES string of the molecule is CC1OC2(CCN(C)CC2)CC1=NO.CCCCCCCC(CC)=NOC(=O)CC.O=C(O)/C=C\C(=O)O. The number of hydrogen-bond donors (Lipinski definition) is 3. The van der Waals surface area contributed by atoms with Crippen LogP contribution in [0.1, 0.15) is 98.3 Å². The van der Waals surface area contributed by atoms with Gasteiger partial charge in [0.25, 0.3) is 0 Å². The summed E-state index contributed by atoms with van der Waals surface area (Å²) in [6, 6.07) is 0. The highest BCUT2D eigenvalue weighted by Gasteiger charge is 2.44. The van der Waals surface area contributed by atoms with Crippen molar-refractivity contribution in [1.29, 1.82) is 0 Å². The number of carbonyl (C=O) groups excluding carboxylic acids is 1. The fraction of sp³-hybridized carbons (Fsp3) is 0.741. The van der Waals surface area contributed by atoms with E-state index >= 15 is 0 Å². The molecular formula is C27H47N3O8. The minimum atomic E-state index is -1.26. The Morgan fingerprint density at radius 2 is 1.61 bits per heavy atom. The summed E-state index contributed by atoms with van der Waals surface area (Å²) in [7, 11) is 2.13. The monoisotopic (exact) mass is 541 g/mol. The molecule has 2 aliphatic rings. The number of piperidine rings is 1. The molecule has 1 unspecified atom stereocenters. The van der Waals surface area contributed by atoms with Crippen LogP contribution in [0.3, 0.4) is 0 Å². The first-order chi connectivity index (χ1) is 18.0. The number of unbranched alkanes of at least 4 members (excludes halogenated alkanes) is 4. The third kappa shape index (κ3) is 16.1. The molecule has 0 amide bonds. The van der Waals surface area contributed by atoms with Crippen molar-refractivity contribution in [1.82, 2.24) is 4.90 Å². The van der Waals surface area contributed by atoms with Gasteiger partial charge in [0.05, 0.1) is 23.1 Å². The Kier molecular flexibility index (Phi) is 18.7. The Labute approximate surface area is 226 Å². The van der Waals surface area contributed by atoms with Gasteiger partial charge in [-0.1, -0.05) is 56.8 Å². The number of ether oxygens (including phenoxy) is 1. The van der Waals surface area contributed by atoms with Crippen molar-refractivity contribution in [3.63, 3.8) is 0 Å². The van der Waals surface area contributed by atoms with E-state index in [-0.39, 0.29) is 17.7 Å². The lowest BCUT2D eigenvalue weighted by molar-refractivity contribution is -0.143. The van der Waals surface area contributed by atoms with Crippen molar-refractivity contribution in [2.24, 2.45) is 10.3 Å². The first-order valence-electron chi connectivity index (χ1n) is 13.5. The minimum absolute atomic E-state index is 0.0107. The molecule has 0 aromatic rings. The molecule has 1 atom stereocenters. The van der Waals surface area contributed by atoms with Crippen LogP contribution < -0.4 is 0 Å². The Morgan fingerprint density at radius 1 is 1.03 bits per heavy atom. The van der Waals surface area contributed by atoms with E-state index in [1.807, 2.05) is 13.8 Å². The van der Waals surface area contributed by atoms with Gasteiger partial charge >= 0.3 is 17.9 Å². The van der Waals surface area contributed by atoms with Crippen LogP contribution in [0.2, 0.25) is 0 Å². The average molecular weight is 542 g/mol. The Morgan fingerprint density at radius 3 is 2.05 bits per heavy atom. The van der Waals surface area contributed by atoms with Gasteiger partial charge in [-0.15, -0.1) is 0 Å². The summed E-state index contributed by atoms with van der Waals surface area (Å²) < 4.78 is 5.92. The van der Waals surface area contributed by atoms with E-state index in [0.29, 0.717) is 18.6 Å². The first-order valence-corrected chi connectivity index (χ1v) is 13.5. The molecule has 0 aromatic heterocycles. The quantitative estimate of drug-likeness (QED) is 0.0828. The van der Waals surface area contributed by atoms with Crippen LogP contribution in [0.5, 0.6) is 0 Å². The summed E-state index contributed by atoms with van der Waals surface area (Å²) in [5.41, 5.74) is 1.76. The molecule has 11 nitrogen and oxygen atoms in total. The highest BCUT2D eigenvalue weighted by Crippen LogP contribution is 2.37. The van der Waals surface area contributed by atoms with E-state index in [2.05, 4.69) is 29.2 Å². The number of oxime groups is 2. The lowest BCUT2D eigenvalue weighted by atomic mass is 9.88. The zero-order chi connectivity index (χ0) is 29.0. The minimum Gasteiger partial charge on any atom is -0.478 e. The number of nitrogens with zero attached hydrogens (tertiary/aromatic N) is 3. The molecule has 2 rings (SSSR count). The number of likely N-dealkylation sites (tertiary alicyclic amines) is 1. The number of carboxylic acids is 2. The van der Waals surface area contributed by atoms with Gasteiger partial charge in [-0.25, -0.2) is 14.4 Å². The van der Waals surface area contributed by atoms with E-state index in [4.69, 9.17) is 25.0 Å². The third-order valence-electron chi connectivity index (χ3n) is 6.34. The molecule has 38 heavy (non-hydrogen) atoms. The Bertz CT molecular complexity index is 786. The summed E-state index contributed by atoms with van der Waals surface area (Å²) >= 11 is 0. The molecule has 218 valence electrons. The number of rotatable bonds is 11. The van der Waals surface area contributed by atoms with Gasteiger partial charge in [0.15, 0.2) is 0 Å². The van der Waals surface area contributed by atoms with E-state index in [1.165, 1.54) is 25.7 Å². The molecule has 3 N–H and O–H groups in total. The van der Waals surface area contributed by atoms with E-state index < -0.39 is 11.9 Å². The maximum Gasteiger partial charge on any atom is 0.334 e. The van der Waals surface area contributed by atoms with Gasteiger partial charge in [0.2, 0.25) is 0 Å². The standard InChI is InChI=1S/C13H25NO2.C10H18N2O2.C4H4O4/c1-4-7-8-9-10-11-12(5-2)14-16-13(15)6-3;1-8-9(11-13)7-10(14-8)3-5-12(2)6-4-10;5-3(6)1-2-4(7)8/h4-11H2,1-3H3;8,13H,3-7H2,1-2H3;1-2H,(H,5,6)(H,7,8)/b;;2-1-. The predicted molar refractivity (Wildman–Crippen MR) is 146 cm³/mol. The molecule has 0 radical (unpaired) electrons. The van der Waals surface area contributed by atoms with Gasteiger partial charge in [0.1, 0.15) is 0 Å². The van der Waals surface area contributed by atoms with E-state index in [1.54, 1.807) is 6.92 Å². The predicted octanol–water partition coefficient (Wildman–Crippen LogP) is 4.87. The molecule has 2 heterocycles. The molecule has 2 saturated heterocycles. The normalized spacial score (nSPS) is 20.0. The molecule has 2 fully saturated rings. The highest BCUT2D eigenvalue weighted by atomic mass is 16.7. The van der Waals surface area contributed by atoms with Crippen LogP contribution in [0.25, 0.3) is 0 Å². The van der Waals surface area contributed by atoms with Crippen LogP contribution in [0.4, 0.5) is 0 Å². The van der Waals surface area contributed by atoms with E-state index in [0.717, 1.165) is 63.0 Å². The second-order valence-electron chi connectivity index (χ2n) is 9.52. The van der Waals surface area contributed by atoms with Crippen molar-refractivity contribution in [2.75, 3.05) is 20.1 Å². The molecule has 1 spiro atoms. The Hall–Kier alpha value is -2.79. The fourth-order valence-corrected chi connectivity index (χ4v) is 3.94. The molecule has 0 bridgehead atoms. The van der Waals surface area contributed by atoms with Gasteiger partial charge in [0, 0.05) is 38.1 Å². The number of hydrogen-bond acceptors (Lipinski definition) is 9. The second kappa shape index (κ2) is 20.2. The average Bonchev–Trinajstić information content (AvgIpc) is 3.21. The second-order valence-corrected chi connectivity index (χ2v) is 9.52. The van der Waals surface area contributed by atoms with Crippen molar-refractivity contribution in [3.8, 4) is 0 Å². The molecule has 2 aliphatic heterocycles. The summed E-state index contributed by atoms with van der Waals surface area (Å²) in [5.74, 6) is -2.77. The molecule has 0 saturated carbocycles. The van der Waals surface area contributed by atoms with Crippen LogP contribution in [-0.2, 0) is 24.0 Å². The number of carbonyl (C=O) groups is 3. The first kappa shape index (κ1) is 35.2. The molecular weight excluding hydrogens is 494 g/mol. The zero-order valence-electron chi connectivity index (χ0n) is 23.6. The van der Waals surface area contributed by atoms with Gasteiger partial charge in [-0.05, 0) is 46.1 Å². The molecule has 0 aromatic carbocycles. The number of carboxylic acid groups (broad SMARTS) is 2. The van der Waals surface area contributed by atoms with Crippen LogP contribution >= 0.6 is 0 Å². The van der Waals surface area contributed by atoms with Gasteiger partial charge in [-0.3, -0.25) is 0 Å². The zero-order valence-corrected chi connectivity index (χ0v) is 23.6. The highest BCUT2D eigenvalue weighted by molar-refractivity contribution is 5.90. The van der Waals surface area contributed by atoms with Crippen molar-refractivity contribution < 1.29 is 39.4 Å². The largest absolute Gasteiger partial charge is 0.478 e. The molecule has 11 heteroatoms. The topological polar surface area (TPSA) is 158 Å². The summed E-state index contributed by atoms with van der Waals surface area (Å²) in [6.45, 7) is 10.1. The maximum absolute atomic E-state index is 10.9. The van der Waals surface area contributed by atoms with Crippen LogP contribution in [0, 0.1) is 0 Å². The van der Waals surface area contributed by atoms with Crippen LogP contribution in [-0.4, -0.2) is 81.5 Å². The number of aliphatic carboxylic acids is 2. The van der Waals surface area contributed by atoms with Crippen LogP contribution in [0.15, 0.2) is 22.5 Å². The maximum atomic E-state index is 10.9. The third-order valence-corrected chi connectivity index (χ3v) is 6.34. The smallest absolute Gasteiger partial charge is 0.334 e. The Balaban J connectivity index is 0.000000570. The fourth-order valence-electron chi connectivity index (χ4n) is 3.94. The summed E-state index contributed by atoms with van der Waals surface area (Å²) in [5, 5.41) is 31.6. The van der Waals surface area contributed by atoms with Crippen molar-refractivity contribution in [3.05, 3.63) is 12.2 Å². The summed E-state index contributed by atoms with van der Waals surface area (Å²) in [6.07, 6.45) is 12.5. The van der Waals surface area contributed by atoms with Crippen molar-refractivity contribution in [2.45, 2.75) is 110 Å². The van der Waals surface area contributed by atoms with Gasteiger partial charge in [-0.2, -0.15) is 0 Å². The van der Waals surface area contributed by atoms with Gasteiger partial charge < -0.3 is 29.9 Å². The molecule has 0 aliphatic carbocycles.